The van der Waals surface area contributed by atoms with E-state index in [0.29, 0.717) is 38.1 Å². The van der Waals surface area contributed by atoms with E-state index in [9.17, 15) is 19.2 Å². The zero-order chi connectivity index (χ0) is 20.7. The Labute approximate surface area is 160 Å². The van der Waals surface area contributed by atoms with Gasteiger partial charge in [0, 0.05) is 6.54 Å². The third-order valence-electron chi connectivity index (χ3n) is 3.80. The van der Waals surface area contributed by atoms with Gasteiger partial charge in [0.25, 0.3) is 0 Å². The Balaban J connectivity index is 4.62. The Morgan fingerprint density at radius 3 is 2.41 bits per heavy atom. The molecule has 0 aliphatic carbocycles. The van der Waals surface area contributed by atoms with Crippen LogP contribution < -0.4 is 27.4 Å². The number of unbranched alkanes of at least 4 members (excludes halogenated alkanes) is 1. The van der Waals surface area contributed by atoms with Crippen LogP contribution in [-0.4, -0.2) is 49.8 Å². The second kappa shape index (κ2) is 14.7. The molecule has 0 fully saturated rings. The van der Waals surface area contributed by atoms with Crippen molar-refractivity contribution in [2.75, 3.05) is 19.6 Å². The lowest BCUT2D eigenvalue weighted by Gasteiger charge is -2.18. The van der Waals surface area contributed by atoms with Gasteiger partial charge in [-0.15, -0.1) is 0 Å². The molecule has 0 aromatic heterocycles. The molecule has 0 bridgehead atoms. The largest absolute Gasteiger partial charge is 0.369 e. The third-order valence-corrected chi connectivity index (χ3v) is 3.80. The summed E-state index contributed by atoms with van der Waals surface area (Å²) in [5.74, 6) is -1.24. The molecule has 4 amide bonds. The molecule has 9 nitrogen and oxygen atoms in total. The number of carbonyl (C=O) groups excluding carboxylic acids is 4. The van der Waals surface area contributed by atoms with Crippen molar-refractivity contribution in [3.63, 3.8) is 0 Å². The topological polar surface area (TPSA) is 156 Å². The average Bonchev–Trinajstić information content (AvgIpc) is 2.61. The smallest absolute Gasteiger partial charge is 0.242 e. The zero-order valence-electron chi connectivity index (χ0n) is 16.2. The summed E-state index contributed by atoms with van der Waals surface area (Å²) in [6.45, 7) is 4.53. The van der Waals surface area contributed by atoms with Crippen molar-refractivity contribution in [3.8, 4) is 0 Å². The van der Waals surface area contributed by atoms with E-state index in [4.69, 9.17) is 11.5 Å². The van der Waals surface area contributed by atoms with E-state index in [1.165, 1.54) is 0 Å². The van der Waals surface area contributed by atoms with Crippen molar-refractivity contribution in [1.29, 1.82) is 0 Å². The minimum atomic E-state index is -0.714. The molecular weight excluding hydrogens is 350 g/mol. The van der Waals surface area contributed by atoms with Gasteiger partial charge < -0.3 is 27.4 Å². The van der Waals surface area contributed by atoms with Crippen LogP contribution in [0.1, 0.15) is 39.5 Å². The molecular formula is C18H33N5O4. The summed E-state index contributed by atoms with van der Waals surface area (Å²) < 4.78 is 0. The first-order valence-electron chi connectivity index (χ1n) is 9.21. The summed E-state index contributed by atoms with van der Waals surface area (Å²) in [7, 11) is 0. The number of rotatable bonds is 15. The minimum absolute atomic E-state index is 0.195. The Bertz CT molecular complexity index is 508. The summed E-state index contributed by atoms with van der Waals surface area (Å²) in [6, 6.07) is -0.714. The van der Waals surface area contributed by atoms with Gasteiger partial charge in [0.15, 0.2) is 0 Å². The van der Waals surface area contributed by atoms with Crippen molar-refractivity contribution in [1.82, 2.24) is 16.0 Å². The van der Waals surface area contributed by atoms with Gasteiger partial charge >= 0.3 is 0 Å². The summed E-state index contributed by atoms with van der Waals surface area (Å²) in [5.41, 5.74) is 10.8. The lowest BCUT2D eigenvalue weighted by atomic mass is 9.96. The van der Waals surface area contributed by atoms with Crippen molar-refractivity contribution >= 4 is 24.1 Å². The molecule has 0 aliphatic rings. The summed E-state index contributed by atoms with van der Waals surface area (Å²) >= 11 is 0. The third kappa shape index (κ3) is 12.6. The predicted molar refractivity (Wildman–Crippen MR) is 103 cm³/mol. The van der Waals surface area contributed by atoms with E-state index < -0.39 is 17.9 Å². The van der Waals surface area contributed by atoms with Gasteiger partial charge in [-0.2, -0.15) is 0 Å². The fraction of sp³-hybridized carbons (Fsp3) is 0.667. The van der Waals surface area contributed by atoms with E-state index in [1.807, 2.05) is 13.8 Å². The molecule has 9 heteroatoms. The highest BCUT2D eigenvalue weighted by molar-refractivity contribution is 5.88. The van der Waals surface area contributed by atoms with Gasteiger partial charge in [0.05, 0.1) is 12.5 Å². The maximum absolute atomic E-state index is 12.3. The first-order chi connectivity index (χ1) is 12.8. The second-order valence-corrected chi connectivity index (χ2v) is 6.72. The van der Waals surface area contributed by atoms with Crippen LogP contribution >= 0.6 is 0 Å². The van der Waals surface area contributed by atoms with E-state index in [1.54, 1.807) is 12.2 Å². The van der Waals surface area contributed by atoms with Crippen LogP contribution in [0.2, 0.25) is 0 Å². The molecule has 0 radical (unpaired) electrons. The average molecular weight is 383 g/mol. The maximum atomic E-state index is 12.3. The number of nitrogens with two attached hydrogens (primary N) is 2. The Morgan fingerprint density at radius 1 is 1.15 bits per heavy atom. The van der Waals surface area contributed by atoms with Crippen molar-refractivity contribution < 1.29 is 19.2 Å². The van der Waals surface area contributed by atoms with Crippen LogP contribution in [0.5, 0.6) is 0 Å². The molecule has 0 saturated carbocycles. The van der Waals surface area contributed by atoms with Gasteiger partial charge in [-0.1, -0.05) is 26.0 Å². The van der Waals surface area contributed by atoms with Gasteiger partial charge in [0.2, 0.25) is 24.1 Å². The van der Waals surface area contributed by atoms with Crippen LogP contribution in [0.15, 0.2) is 12.2 Å². The highest BCUT2D eigenvalue weighted by Gasteiger charge is 2.19. The van der Waals surface area contributed by atoms with Crippen molar-refractivity contribution in [2.24, 2.45) is 23.3 Å². The number of hydrogen-bond acceptors (Lipinski definition) is 5. The maximum Gasteiger partial charge on any atom is 0.242 e. The highest BCUT2D eigenvalue weighted by Crippen LogP contribution is 2.12. The summed E-state index contributed by atoms with van der Waals surface area (Å²) in [4.78, 5) is 45.8. The highest BCUT2D eigenvalue weighted by atomic mass is 16.2. The minimum Gasteiger partial charge on any atom is -0.369 e. The molecule has 27 heavy (non-hydrogen) atoms. The lowest BCUT2D eigenvalue weighted by Crippen LogP contribution is -2.49. The molecule has 0 rings (SSSR count). The molecule has 7 N–H and O–H groups in total. The SMILES string of the molecule is CC(C)C[C@H](/C=C/CNC(=O)[C@H](CCCCN)NC(=O)CNC=O)C(N)=O. The standard InChI is InChI=1S/C18H33N5O4/c1-13(2)10-14(17(20)26)6-5-9-22-18(27)15(7-3-4-8-19)23-16(25)11-21-12-24/h5-6,12-15H,3-4,7-11,19H2,1-2H3,(H2,20,26)(H,21,24)(H,22,27)(H,23,25)/b6-5+/t14-,15-/m0/s1. The summed E-state index contributed by atoms with van der Waals surface area (Å²) in [6.07, 6.45) is 6.30. The Kier molecular flexibility index (Phi) is 13.4. The van der Waals surface area contributed by atoms with Gasteiger partial charge in [-0.05, 0) is 38.1 Å². The van der Waals surface area contributed by atoms with Crippen LogP contribution in [0.25, 0.3) is 0 Å². The molecule has 0 aliphatic heterocycles. The van der Waals surface area contributed by atoms with Gasteiger partial charge in [-0.3, -0.25) is 19.2 Å². The van der Waals surface area contributed by atoms with Crippen molar-refractivity contribution in [3.05, 3.63) is 12.2 Å². The number of primary amides is 1. The fourth-order valence-electron chi connectivity index (χ4n) is 2.45. The molecule has 2 atom stereocenters. The zero-order valence-corrected chi connectivity index (χ0v) is 16.2. The molecule has 0 saturated heterocycles. The molecule has 0 aromatic carbocycles. The van der Waals surface area contributed by atoms with E-state index in [0.717, 1.165) is 6.42 Å². The van der Waals surface area contributed by atoms with E-state index in [2.05, 4.69) is 16.0 Å². The Hall–Kier alpha value is -2.42. The van der Waals surface area contributed by atoms with E-state index in [-0.39, 0.29) is 24.9 Å². The van der Waals surface area contributed by atoms with E-state index >= 15 is 0 Å². The predicted octanol–water partition coefficient (Wildman–Crippen LogP) is -0.834. The Morgan fingerprint density at radius 2 is 1.85 bits per heavy atom. The second-order valence-electron chi connectivity index (χ2n) is 6.72. The molecule has 0 unspecified atom stereocenters. The van der Waals surface area contributed by atoms with Crippen LogP contribution in [0.3, 0.4) is 0 Å². The molecule has 0 heterocycles. The number of hydrogen-bond donors (Lipinski definition) is 5. The van der Waals surface area contributed by atoms with Gasteiger partial charge in [0.1, 0.15) is 6.04 Å². The first kappa shape index (κ1) is 24.6. The normalized spacial score (nSPS) is 13.2. The monoisotopic (exact) mass is 383 g/mol. The number of amides is 4. The fourth-order valence-corrected chi connectivity index (χ4v) is 2.45. The summed E-state index contributed by atoms with van der Waals surface area (Å²) in [5, 5.41) is 7.55. The number of nitrogens with one attached hydrogen (secondary N) is 3. The van der Waals surface area contributed by atoms with Crippen LogP contribution in [0, 0.1) is 11.8 Å². The molecule has 0 spiro atoms. The molecule has 154 valence electrons. The lowest BCUT2D eigenvalue weighted by molar-refractivity contribution is -0.129. The number of carbonyl (C=O) groups is 4. The van der Waals surface area contributed by atoms with Gasteiger partial charge in [-0.25, -0.2) is 0 Å². The molecule has 0 aromatic rings. The van der Waals surface area contributed by atoms with Crippen molar-refractivity contribution in [2.45, 2.75) is 45.6 Å². The van der Waals surface area contributed by atoms with Crippen LogP contribution in [-0.2, 0) is 19.2 Å². The quantitative estimate of drug-likeness (QED) is 0.142. The first-order valence-corrected chi connectivity index (χ1v) is 9.21. The van der Waals surface area contributed by atoms with Crippen LogP contribution in [0.4, 0.5) is 0 Å².